The van der Waals surface area contributed by atoms with Gasteiger partial charge in [-0.1, -0.05) is 30.3 Å². The molecule has 0 radical (unpaired) electrons. The van der Waals surface area contributed by atoms with Crippen LogP contribution in [0, 0.1) is 0 Å². The lowest BCUT2D eigenvalue weighted by Crippen LogP contribution is -2.48. The molecule has 0 bridgehead atoms. The fraction of sp³-hybridized carbons (Fsp3) is 0.375. The molecule has 1 aromatic carbocycles. The number of nitrogens with one attached hydrogen (secondary N) is 2. The minimum Gasteiger partial charge on any atom is -0.357 e. The van der Waals surface area contributed by atoms with Crippen LogP contribution in [0.3, 0.4) is 0 Å². The molecule has 2 N–H and O–H groups in total. The highest BCUT2D eigenvalue weighted by Crippen LogP contribution is 2.26. The lowest BCUT2D eigenvalue weighted by molar-refractivity contribution is -0.137. The van der Waals surface area contributed by atoms with E-state index < -0.39 is 6.04 Å². The van der Waals surface area contributed by atoms with Crippen molar-refractivity contribution in [3.63, 3.8) is 0 Å². The Morgan fingerprint density at radius 2 is 1.94 bits per heavy atom. The van der Waals surface area contributed by atoms with Gasteiger partial charge in [-0.2, -0.15) is 5.10 Å². The number of likely N-dealkylation sites (tertiary alicyclic amines) is 1. The number of amides is 3. The van der Waals surface area contributed by atoms with Gasteiger partial charge in [0.05, 0.1) is 29.4 Å². The van der Waals surface area contributed by atoms with Crippen LogP contribution < -0.4 is 10.6 Å². The van der Waals surface area contributed by atoms with Crippen molar-refractivity contribution in [3.8, 4) is 11.3 Å². The van der Waals surface area contributed by atoms with E-state index in [4.69, 9.17) is 4.98 Å². The van der Waals surface area contributed by atoms with Crippen molar-refractivity contribution in [2.75, 3.05) is 20.1 Å². The second-order valence-corrected chi connectivity index (χ2v) is 8.38. The van der Waals surface area contributed by atoms with Crippen LogP contribution in [0.5, 0.6) is 0 Å². The summed E-state index contributed by atoms with van der Waals surface area (Å²) in [7, 11) is 1.56. The fourth-order valence-electron chi connectivity index (χ4n) is 4.20. The van der Waals surface area contributed by atoms with Crippen LogP contribution in [0.25, 0.3) is 22.3 Å². The molecule has 0 aliphatic carbocycles. The molecule has 0 spiro atoms. The highest BCUT2D eigenvalue weighted by atomic mass is 16.2. The Hall–Kier alpha value is -3.75. The van der Waals surface area contributed by atoms with E-state index in [9.17, 15) is 14.4 Å². The van der Waals surface area contributed by atoms with Crippen molar-refractivity contribution in [1.82, 2.24) is 30.3 Å². The number of benzene rings is 1. The van der Waals surface area contributed by atoms with Crippen molar-refractivity contribution in [2.45, 2.75) is 38.8 Å². The minimum absolute atomic E-state index is 0.0651. The summed E-state index contributed by atoms with van der Waals surface area (Å²) in [5, 5.41) is 10.4. The summed E-state index contributed by atoms with van der Waals surface area (Å²) in [6, 6.07) is 10.9. The van der Waals surface area contributed by atoms with Crippen molar-refractivity contribution in [2.24, 2.45) is 0 Å². The summed E-state index contributed by atoms with van der Waals surface area (Å²) in [5.74, 6) is -0.843. The van der Waals surface area contributed by atoms with Gasteiger partial charge < -0.3 is 15.5 Å². The molecule has 1 saturated heterocycles. The molecule has 3 aromatic rings. The van der Waals surface area contributed by atoms with Crippen molar-refractivity contribution >= 4 is 28.8 Å². The number of pyridine rings is 1. The van der Waals surface area contributed by atoms with E-state index in [1.54, 1.807) is 24.0 Å². The van der Waals surface area contributed by atoms with E-state index in [2.05, 4.69) is 15.7 Å². The van der Waals surface area contributed by atoms with Crippen molar-refractivity contribution in [1.29, 1.82) is 0 Å². The van der Waals surface area contributed by atoms with Crippen LogP contribution in [0.2, 0.25) is 0 Å². The van der Waals surface area contributed by atoms with E-state index in [0.717, 1.165) is 12.0 Å². The Bertz CT molecular complexity index is 1190. The smallest absolute Gasteiger partial charge is 0.252 e. The molecule has 2 aromatic heterocycles. The molecule has 4 rings (SSSR count). The van der Waals surface area contributed by atoms with Crippen molar-refractivity contribution < 1.29 is 14.4 Å². The average molecular weight is 449 g/mol. The van der Waals surface area contributed by atoms with Crippen LogP contribution in [0.1, 0.15) is 43.1 Å². The number of carbonyl (C=O) groups is 3. The van der Waals surface area contributed by atoms with Gasteiger partial charge in [0.1, 0.15) is 6.04 Å². The van der Waals surface area contributed by atoms with E-state index in [1.807, 2.05) is 44.2 Å². The van der Waals surface area contributed by atoms with Gasteiger partial charge in [-0.25, -0.2) is 9.67 Å². The molecular weight excluding hydrogens is 420 g/mol. The Balaban J connectivity index is 1.61. The first-order valence-corrected chi connectivity index (χ1v) is 11.1. The SMILES string of the molecule is CNC(=O)C1CCCN1C(=O)CNC(=O)c1cc(-c2ccccc2)nc2c1cnn2C(C)C. The predicted octanol–water partition coefficient (Wildman–Crippen LogP) is 2.15. The minimum atomic E-state index is -0.485. The molecule has 33 heavy (non-hydrogen) atoms. The number of nitrogens with zero attached hydrogens (tertiary/aromatic N) is 4. The average Bonchev–Trinajstić information content (AvgIpc) is 3.49. The van der Waals surface area contributed by atoms with Gasteiger partial charge >= 0.3 is 0 Å². The number of aromatic nitrogens is 3. The molecule has 1 aliphatic heterocycles. The van der Waals surface area contributed by atoms with Gasteiger partial charge in [0.15, 0.2) is 5.65 Å². The largest absolute Gasteiger partial charge is 0.357 e. The van der Waals surface area contributed by atoms with Crippen LogP contribution in [-0.2, 0) is 9.59 Å². The van der Waals surface area contributed by atoms with Gasteiger partial charge in [-0.15, -0.1) is 0 Å². The summed E-state index contributed by atoms with van der Waals surface area (Å²) in [5.41, 5.74) is 2.55. The highest BCUT2D eigenvalue weighted by Gasteiger charge is 2.33. The zero-order valence-corrected chi connectivity index (χ0v) is 19.0. The zero-order valence-electron chi connectivity index (χ0n) is 19.0. The first kappa shape index (κ1) is 22.4. The van der Waals surface area contributed by atoms with Gasteiger partial charge in [0.25, 0.3) is 5.91 Å². The molecular formula is C24H28N6O3. The van der Waals surface area contributed by atoms with E-state index in [0.29, 0.717) is 35.3 Å². The second kappa shape index (κ2) is 9.40. The number of likely N-dealkylation sites (N-methyl/N-ethyl adjacent to an activating group) is 1. The number of hydrogen-bond donors (Lipinski definition) is 2. The molecule has 172 valence electrons. The zero-order chi connectivity index (χ0) is 23.5. The van der Waals surface area contributed by atoms with Crippen LogP contribution in [0.4, 0.5) is 0 Å². The fourth-order valence-corrected chi connectivity index (χ4v) is 4.20. The van der Waals surface area contributed by atoms with Gasteiger partial charge in [-0.3, -0.25) is 14.4 Å². The van der Waals surface area contributed by atoms with E-state index in [1.165, 1.54) is 4.90 Å². The summed E-state index contributed by atoms with van der Waals surface area (Å²) < 4.78 is 1.78. The molecule has 9 heteroatoms. The van der Waals surface area contributed by atoms with Crippen LogP contribution in [-0.4, -0.2) is 63.6 Å². The maximum Gasteiger partial charge on any atom is 0.252 e. The second-order valence-electron chi connectivity index (χ2n) is 8.38. The van der Waals surface area contributed by atoms with Crippen LogP contribution in [0.15, 0.2) is 42.6 Å². The Morgan fingerprint density at radius 3 is 2.64 bits per heavy atom. The highest BCUT2D eigenvalue weighted by molar-refractivity contribution is 6.07. The number of hydrogen-bond acceptors (Lipinski definition) is 5. The number of carbonyl (C=O) groups excluding carboxylic acids is 3. The van der Waals surface area contributed by atoms with E-state index in [-0.39, 0.29) is 30.3 Å². The Morgan fingerprint density at radius 1 is 1.18 bits per heavy atom. The number of fused-ring (bicyclic) bond motifs is 1. The molecule has 9 nitrogen and oxygen atoms in total. The molecule has 3 heterocycles. The van der Waals surface area contributed by atoms with Gasteiger partial charge in [0.2, 0.25) is 11.8 Å². The normalized spacial score (nSPS) is 15.8. The molecule has 1 unspecified atom stereocenters. The van der Waals surface area contributed by atoms with Crippen LogP contribution >= 0.6 is 0 Å². The quantitative estimate of drug-likeness (QED) is 0.601. The maximum atomic E-state index is 13.2. The maximum absolute atomic E-state index is 13.2. The summed E-state index contributed by atoms with van der Waals surface area (Å²) in [6.07, 6.45) is 3.02. The van der Waals surface area contributed by atoms with Gasteiger partial charge in [-0.05, 0) is 32.8 Å². The molecule has 3 amide bonds. The molecule has 0 saturated carbocycles. The topological polar surface area (TPSA) is 109 Å². The Labute approximate surface area is 192 Å². The third-order valence-electron chi connectivity index (χ3n) is 5.89. The predicted molar refractivity (Wildman–Crippen MR) is 124 cm³/mol. The number of rotatable bonds is 6. The first-order chi connectivity index (χ1) is 15.9. The Kier molecular flexibility index (Phi) is 6.39. The van der Waals surface area contributed by atoms with Gasteiger partial charge in [0, 0.05) is 25.2 Å². The standard InChI is InChI=1S/C24H28N6O3/c1-15(2)30-22-18(13-27-30)17(12-19(28-22)16-8-5-4-6-9-16)23(32)26-14-21(31)29-11-7-10-20(29)24(33)25-3/h4-6,8-9,12-13,15,20H,7,10-11,14H2,1-3H3,(H,25,33)(H,26,32). The van der Waals surface area contributed by atoms with E-state index >= 15 is 0 Å². The third-order valence-corrected chi connectivity index (χ3v) is 5.89. The first-order valence-electron chi connectivity index (χ1n) is 11.1. The summed E-state index contributed by atoms with van der Waals surface area (Å²) in [4.78, 5) is 44.3. The lowest BCUT2D eigenvalue weighted by atomic mass is 10.1. The lowest BCUT2D eigenvalue weighted by Gasteiger charge is -2.23. The monoisotopic (exact) mass is 448 g/mol. The molecule has 1 aliphatic rings. The summed E-state index contributed by atoms with van der Waals surface area (Å²) in [6.45, 7) is 4.32. The molecule has 1 fully saturated rings. The molecule has 1 atom stereocenters. The third kappa shape index (κ3) is 4.44. The summed E-state index contributed by atoms with van der Waals surface area (Å²) >= 11 is 0. The van der Waals surface area contributed by atoms with Crippen molar-refractivity contribution in [3.05, 3.63) is 48.2 Å².